The molecule has 0 fully saturated rings. The van der Waals surface area contributed by atoms with E-state index in [2.05, 4.69) is 37.1 Å². The number of hydrogen-bond donors (Lipinski definition) is 0. The molecule has 4 heterocycles. The number of aryl methyl sites for hydroxylation is 3. The first kappa shape index (κ1) is 84.0. The summed E-state index contributed by atoms with van der Waals surface area (Å²) in [6.07, 6.45) is -0.260. The Morgan fingerprint density at radius 1 is 0.588 bits per heavy atom. The number of rotatable bonds is 7. The van der Waals surface area contributed by atoms with Crippen LogP contribution < -0.4 is 11.1 Å². The number of hydrogen-bond acceptors (Lipinski definition) is 4. The summed E-state index contributed by atoms with van der Waals surface area (Å²) in [5.74, 6) is 0.358. The third-order valence-corrected chi connectivity index (χ3v) is 12.9. The molecular formula is C64H99Cl3F6N4O3. The second kappa shape index (κ2) is 38.8. The quantitative estimate of drug-likeness (QED) is 0.149. The summed E-state index contributed by atoms with van der Waals surface area (Å²) < 4.78 is 85.4. The molecule has 3 aromatic heterocycles. The highest BCUT2D eigenvalue weighted by Crippen LogP contribution is 2.36. The number of fused-ring (bicyclic) bond motifs is 1. The predicted molar refractivity (Wildman–Crippen MR) is 334 cm³/mol. The predicted octanol–water partition coefficient (Wildman–Crippen LogP) is 21.1. The van der Waals surface area contributed by atoms with Gasteiger partial charge < -0.3 is 13.9 Å². The van der Waals surface area contributed by atoms with Gasteiger partial charge in [0.15, 0.2) is 5.69 Å². The Kier molecular flexibility index (Phi) is 40.7. The van der Waals surface area contributed by atoms with E-state index in [4.69, 9.17) is 39.5 Å². The van der Waals surface area contributed by atoms with Gasteiger partial charge in [0, 0.05) is 70.5 Å². The third kappa shape index (κ3) is 25.1. The second-order valence-electron chi connectivity index (χ2n) is 19.7. The Bertz CT molecular complexity index is 2830. The number of halogens is 9. The van der Waals surface area contributed by atoms with Crippen molar-refractivity contribution in [2.45, 2.75) is 203 Å². The van der Waals surface area contributed by atoms with Crippen LogP contribution in [0.15, 0.2) is 88.7 Å². The molecule has 16 heteroatoms. The summed E-state index contributed by atoms with van der Waals surface area (Å²) in [5, 5.41) is 4.80. The summed E-state index contributed by atoms with van der Waals surface area (Å²) in [6.45, 7) is 29.8. The van der Waals surface area contributed by atoms with Crippen molar-refractivity contribution in [1.82, 2.24) is 18.9 Å². The van der Waals surface area contributed by atoms with Gasteiger partial charge in [-0.25, -0.2) is 13.2 Å². The van der Waals surface area contributed by atoms with E-state index in [9.17, 15) is 35.9 Å². The first-order valence-electron chi connectivity index (χ1n) is 24.8. The second-order valence-corrected chi connectivity index (χ2v) is 20.9. The van der Waals surface area contributed by atoms with Crippen molar-refractivity contribution in [1.29, 1.82) is 0 Å². The summed E-state index contributed by atoms with van der Waals surface area (Å²) in [7, 11) is 3.08. The molecule has 6 aromatic rings. The minimum Gasteiger partial charge on any atom is -0.376 e. The molecule has 0 radical (unpaired) electrons. The summed E-state index contributed by atoms with van der Waals surface area (Å²) in [4.78, 5) is 23.0. The van der Waals surface area contributed by atoms with Crippen molar-refractivity contribution in [3.63, 3.8) is 0 Å². The van der Waals surface area contributed by atoms with Gasteiger partial charge in [0.05, 0.1) is 13.2 Å². The monoisotopic (exact) mass is 1190 g/mol. The maximum absolute atomic E-state index is 12.8. The molecule has 0 saturated heterocycles. The standard InChI is InChI=1S/C12H16O.C10H15NO.C9H9Cl2F.C9H10ClF.C9H13F3N2.C9H12FNO.6CH4/c1-9(2)11-5-3-4-10-6-7-13-8-12(10)11;1-4-11-7-5-6-9(8(2)3)10(11)12;1-5(2)9-7(10)3-6(12)4-8(9)11;1-6(2)8-4-3-7(11)5-9(8)10;1-5(2)7-6(3)14(4)13-8(7)9(10,11)12;1-6(2)8-4-7(10)5-11(3)9(8)12;;;;;;/h3-5,9H,6-8H2,1-2H3;5-8H,4H2,1-3H3;3-5H,1-2H3;3-6H,1-2H3;5H,1-4H3;4-6H,1-3H3;6*1H4. The lowest BCUT2D eigenvalue weighted by Gasteiger charge is -2.21. The van der Waals surface area contributed by atoms with E-state index in [1.54, 1.807) is 38.5 Å². The van der Waals surface area contributed by atoms with Crippen molar-refractivity contribution >= 4 is 34.8 Å². The van der Waals surface area contributed by atoms with Crippen LogP contribution in [0.2, 0.25) is 15.1 Å². The first-order chi connectivity index (χ1) is 34.3. The molecule has 3 aromatic carbocycles. The molecule has 0 N–H and O–H groups in total. The topological polar surface area (TPSA) is 71.1 Å². The molecule has 7 nitrogen and oxygen atoms in total. The number of alkyl halides is 3. The fourth-order valence-electron chi connectivity index (χ4n) is 7.91. The van der Waals surface area contributed by atoms with Crippen LogP contribution in [0, 0.1) is 24.4 Å². The average Bonchev–Trinajstić information content (AvgIpc) is 3.61. The highest BCUT2D eigenvalue weighted by Gasteiger charge is 2.38. The lowest BCUT2D eigenvalue weighted by Crippen LogP contribution is -2.22. The van der Waals surface area contributed by atoms with Gasteiger partial charge in [-0.1, -0.05) is 193 Å². The zero-order valence-electron chi connectivity index (χ0n) is 45.7. The van der Waals surface area contributed by atoms with Gasteiger partial charge >= 0.3 is 6.18 Å². The molecule has 7 rings (SSSR count). The molecule has 1 aliphatic rings. The fourth-order valence-corrected chi connectivity index (χ4v) is 9.20. The summed E-state index contributed by atoms with van der Waals surface area (Å²) in [6, 6.07) is 18.8. The zero-order valence-corrected chi connectivity index (χ0v) is 48.0. The van der Waals surface area contributed by atoms with Crippen LogP contribution in [-0.4, -0.2) is 25.5 Å². The average molecular weight is 1190 g/mol. The molecule has 456 valence electrons. The Balaban J connectivity index is -0.000000277. The van der Waals surface area contributed by atoms with Crippen molar-refractivity contribution in [3.05, 3.63) is 188 Å². The van der Waals surface area contributed by atoms with E-state index >= 15 is 0 Å². The third-order valence-electron chi connectivity index (χ3n) is 11.9. The molecule has 0 bridgehead atoms. The maximum Gasteiger partial charge on any atom is 0.435 e. The maximum atomic E-state index is 12.8. The van der Waals surface area contributed by atoms with Gasteiger partial charge in [0.2, 0.25) is 0 Å². The van der Waals surface area contributed by atoms with Crippen LogP contribution in [-0.2, 0) is 44.6 Å². The van der Waals surface area contributed by atoms with E-state index in [0.29, 0.717) is 49.6 Å². The molecular weight excluding hydrogens is 1090 g/mol. The largest absolute Gasteiger partial charge is 0.435 e. The molecule has 0 saturated carbocycles. The molecule has 0 atom stereocenters. The van der Waals surface area contributed by atoms with Crippen LogP contribution in [0.25, 0.3) is 0 Å². The molecule has 0 amide bonds. The minimum atomic E-state index is -4.36. The van der Waals surface area contributed by atoms with Crippen LogP contribution in [0.5, 0.6) is 0 Å². The van der Waals surface area contributed by atoms with E-state index in [0.717, 1.165) is 42.9 Å². The molecule has 80 heavy (non-hydrogen) atoms. The van der Waals surface area contributed by atoms with Gasteiger partial charge in [0.1, 0.15) is 17.5 Å². The van der Waals surface area contributed by atoms with Gasteiger partial charge in [0.25, 0.3) is 11.1 Å². The Morgan fingerprint density at radius 2 is 1.07 bits per heavy atom. The fraction of sp³-hybridized carbons (Fsp3) is 0.516. The Labute approximate surface area is 494 Å². The van der Waals surface area contributed by atoms with Gasteiger partial charge in [-0.15, -0.1) is 0 Å². The van der Waals surface area contributed by atoms with Gasteiger partial charge in [-0.2, -0.15) is 18.3 Å². The minimum absolute atomic E-state index is 0. The smallest absolute Gasteiger partial charge is 0.376 e. The number of benzene rings is 3. The highest BCUT2D eigenvalue weighted by atomic mass is 35.5. The van der Waals surface area contributed by atoms with Crippen LogP contribution in [0.3, 0.4) is 0 Å². The number of nitrogens with zero attached hydrogens (tertiary/aromatic N) is 4. The van der Waals surface area contributed by atoms with Crippen molar-refractivity contribution in [3.8, 4) is 0 Å². The highest BCUT2D eigenvalue weighted by molar-refractivity contribution is 6.36. The number of ether oxygens (including phenoxy) is 1. The van der Waals surface area contributed by atoms with E-state index in [-0.39, 0.29) is 85.1 Å². The molecule has 0 unspecified atom stereocenters. The molecule has 1 aliphatic heterocycles. The number of pyridine rings is 2. The Hall–Kier alpha value is -4.82. The molecule has 0 spiro atoms. The van der Waals surface area contributed by atoms with E-state index in [1.165, 1.54) is 69.5 Å². The Morgan fingerprint density at radius 3 is 1.51 bits per heavy atom. The van der Waals surface area contributed by atoms with Crippen molar-refractivity contribution < 1.29 is 31.1 Å². The lowest BCUT2D eigenvalue weighted by molar-refractivity contribution is -0.142. The van der Waals surface area contributed by atoms with Crippen LogP contribution in [0.1, 0.15) is 226 Å². The molecule has 0 aliphatic carbocycles. The van der Waals surface area contributed by atoms with Crippen molar-refractivity contribution in [2.24, 2.45) is 14.1 Å². The van der Waals surface area contributed by atoms with E-state index < -0.39 is 17.7 Å². The normalized spacial score (nSPS) is 11.1. The summed E-state index contributed by atoms with van der Waals surface area (Å²) in [5.41, 5.74) is 7.74. The number of aromatic nitrogens is 4. The van der Waals surface area contributed by atoms with Crippen LogP contribution >= 0.6 is 34.8 Å². The lowest BCUT2D eigenvalue weighted by atomic mass is 9.92. The van der Waals surface area contributed by atoms with Gasteiger partial charge in [-0.05, 0) is 120 Å². The zero-order chi connectivity index (χ0) is 56.5. The van der Waals surface area contributed by atoms with Crippen LogP contribution in [0.4, 0.5) is 26.3 Å². The van der Waals surface area contributed by atoms with E-state index in [1.807, 2.05) is 80.6 Å². The van der Waals surface area contributed by atoms with Gasteiger partial charge in [-0.3, -0.25) is 14.3 Å². The first-order valence-corrected chi connectivity index (χ1v) is 25.9. The SMILES string of the molecule is C.C.C.C.C.C.CC(C)c1c(Cl)cc(F)cc1Cl.CC(C)c1cc(F)cn(C)c1=O.CC(C)c1ccc(F)cc1Cl.CC(C)c1cccc2c1COCC2.CCn1cccc(C(C)C)c1=O.Cc1c(C(C)C)c(C(F)(F)F)nn1C. The summed E-state index contributed by atoms with van der Waals surface area (Å²) >= 11 is 17.4. The van der Waals surface area contributed by atoms with Crippen molar-refractivity contribution in [2.75, 3.05) is 6.61 Å².